The summed E-state index contributed by atoms with van der Waals surface area (Å²) in [5.41, 5.74) is 6.12. The van der Waals surface area contributed by atoms with E-state index in [4.69, 9.17) is 0 Å². The fourth-order valence-corrected chi connectivity index (χ4v) is 4.18. The number of hydrogen-bond donors (Lipinski definition) is 0. The van der Waals surface area contributed by atoms with Gasteiger partial charge in [0.05, 0.1) is 5.71 Å². The second kappa shape index (κ2) is 8.30. The zero-order valence-corrected chi connectivity index (χ0v) is 17.3. The fraction of sp³-hybridized carbons (Fsp3) is 0.0714. The second-order valence-electron chi connectivity index (χ2n) is 7.72. The topological polar surface area (TPSA) is 72.3 Å². The molecule has 3 aromatic rings. The molecule has 0 spiro atoms. The van der Waals surface area contributed by atoms with Gasteiger partial charge in [0.15, 0.2) is 11.4 Å². The summed E-state index contributed by atoms with van der Waals surface area (Å²) in [6.45, 7) is 0. The number of nitriles is 2. The molecule has 0 N–H and O–H groups in total. The highest BCUT2D eigenvalue weighted by atomic mass is 14.9. The van der Waals surface area contributed by atoms with E-state index in [1.165, 1.54) is 27.5 Å². The van der Waals surface area contributed by atoms with Gasteiger partial charge in [-0.2, -0.15) is 10.5 Å². The normalized spacial score (nSPS) is 15.5. The summed E-state index contributed by atoms with van der Waals surface area (Å²) in [5, 5.41) is 21.6. The minimum absolute atomic E-state index is 0.0471. The highest BCUT2D eigenvalue weighted by molar-refractivity contribution is 6.17. The molecule has 0 saturated carbocycles. The molecule has 2 aliphatic rings. The molecule has 0 bridgehead atoms. The van der Waals surface area contributed by atoms with E-state index in [1.54, 1.807) is 0 Å². The molecule has 5 rings (SSSR count). The molecule has 0 aromatic heterocycles. The third kappa shape index (κ3) is 3.67. The third-order valence-electron chi connectivity index (χ3n) is 5.64. The van der Waals surface area contributed by atoms with E-state index in [2.05, 4.69) is 58.5 Å². The number of rotatable bonds is 3. The van der Waals surface area contributed by atoms with Crippen LogP contribution in [0.5, 0.6) is 0 Å². The van der Waals surface area contributed by atoms with Crippen LogP contribution in [0, 0.1) is 22.7 Å². The molecular weight excluding hydrogens is 392 g/mol. The monoisotopic (exact) mass is 410 g/mol. The summed E-state index contributed by atoms with van der Waals surface area (Å²) in [4.78, 5) is 8.94. The highest BCUT2D eigenvalue weighted by Crippen LogP contribution is 2.31. The minimum Gasteiger partial charge on any atom is -0.239 e. The van der Waals surface area contributed by atoms with Crippen molar-refractivity contribution in [2.75, 3.05) is 0 Å². The molecule has 1 heterocycles. The number of benzene rings is 3. The van der Waals surface area contributed by atoms with Crippen molar-refractivity contribution in [3.8, 4) is 12.1 Å². The first-order chi connectivity index (χ1) is 15.7. The standard InChI is InChI=1S/C28H18N4/c29-17-26-27(18-30)32-25(20-6-2-1-3-7-20)16-24(31-26)13-12-19-14-22-10-4-8-21-9-5-11-23(15-19)28(21)22/h1-14H,15-16H2. The average molecular weight is 410 g/mol. The Morgan fingerprint density at radius 3 is 2.28 bits per heavy atom. The van der Waals surface area contributed by atoms with Crippen molar-refractivity contribution in [1.29, 1.82) is 10.5 Å². The summed E-state index contributed by atoms with van der Waals surface area (Å²) >= 11 is 0. The SMILES string of the molecule is N#CC1=C(C#N)N=C(c2ccccc2)CC(C=CC2=Cc3cccc4cccc(c34)C2)=N1. The first kappa shape index (κ1) is 19.4. The zero-order valence-electron chi connectivity index (χ0n) is 17.3. The van der Waals surface area contributed by atoms with Crippen LogP contribution in [0.25, 0.3) is 16.8 Å². The van der Waals surface area contributed by atoms with Crippen molar-refractivity contribution < 1.29 is 0 Å². The maximum atomic E-state index is 9.53. The van der Waals surface area contributed by atoms with Gasteiger partial charge in [-0.25, -0.2) is 9.98 Å². The smallest absolute Gasteiger partial charge is 0.177 e. The van der Waals surface area contributed by atoms with Crippen molar-refractivity contribution >= 4 is 28.3 Å². The van der Waals surface area contributed by atoms with Crippen molar-refractivity contribution in [3.63, 3.8) is 0 Å². The molecule has 0 atom stereocenters. The largest absolute Gasteiger partial charge is 0.239 e. The third-order valence-corrected chi connectivity index (χ3v) is 5.64. The lowest BCUT2D eigenvalue weighted by molar-refractivity contribution is 1.22. The van der Waals surface area contributed by atoms with E-state index in [0.717, 1.165) is 17.7 Å². The van der Waals surface area contributed by atoms with Gasteiger partial charge in [-0.3, -0.25) is 0 Å². The Morgan fingerprint density at radius 1 is 0.750 bits per heavy atom. The fourth-order valence-electron chi connectivity index (χ4n) is 4.18. The number of allylic oxidation sites excluding steroid dienone is 5. The van der Waals surface area contributed by atoms with Crippen molar-refractivity contribution in [3.05, 3.63) is 113 Å². The molecule has 0 radical (unpaired) electrons. The molecule has 150 valence electrons. The van der Waals surface area contributed by atoms with Gasteiger partial charge in [0, 0.05) is 12.1 Å². The van der Waals surface area contributed by atoms with Crippen LogP contribution in [0.2, 0.25) is 0 Å². The van der Waals surface area contributed by atoms with Crippen LogP contribution in [0.1, 0.15) is 23.1 Å². The van der Waals surface area contributed by atoms with Crippen molar-refractivity contribution in [2.24, 2.45) is 9.98 Å². The Bertz CT molecular complexity index is 1460. The van der Waals surface area contributed by atoms with Crippen LogP contribution in [-0.2, 0) is 6.42 Å². The lowest BCUT2D eigenvalue weighted by Gasteiger charge is -2.16. The first-order valence-electron chi connectivity index (χ1n) is 10.4. The summed E-state index contributed by atoms with van der Waals surface area (Å²) in [5.74, 6) is 0. The Hall–Kier alpha value is -4.54. The summed E-state index contributed by atoms with van der Waals surface area (Å²) in [6, 6.07) is 26.5. The van der Waals surface area contributed by atoms with E-state index in [9.17, 15) is 10.5 Å². The van der Waals surface area contributed by atoms with Crippen LogP contribution in [0.15, 0.2) is 106 Å². The first-order valence-corrected chi connectivity index (χ1v) is 10.4. The van der Waals surface area contributed by atoms with E-state index in [-0.39, 0.29) is 11.4 Å². The van der Waals surface area contributed by atoms with Crippen LogP contribution >= 0.6 is 0 Å². The Labute approximate surface area is 186 Å². The van der Waals surface area contributed by atoms with E-state index >= 15 is 0 Å². The molecule has 4 heteroatoms. The maximum Gasteiger partial charge on any atom is 0.177 e. The van der Waals surface area contributed by atoms with Crippen molar-refractivity contribution in [1.82, 2.24) is 0 Å². The lowest BCUT2D eigenvalue weighted by atomic mass is 9.88. The molecule has 1 aliphatic heterocycles. The molecule has 0 amide bonds. The van der Waals surface area contributed by atoms with Gasteiger partial charge in [0.25, 0.3) is 0 Å². The summed E-state index contributed by atoms with van der Waals surface area (Å²) in [6.07, 6.45) is 7.48. The van der Waals surface area contributed by atoms with Gasteiger partial charge in [-0.05, 0) is 45.5 Å². The van der Waals surface area contributed by atoms with E-state index in [0.29, 0.717) is 12.1 Å². The summed E-state index contributed by atoms with van der Waals surface area (Å²) < 4.78 is 0. The van der Waals surface area contributed by atoms with E-state index < -0.39 is 0 Å². The Morgan fingerprint density at radius 2 is 1.50 bits per heavy atom. The van der Waals surface area contributed by atoms with Gasteiger partial charge < -0.3 is 0 Å². The predicted octanol–water partition coefficient (Wildman–Crippen LogP) is 5.93. The van der Waals surface area contributed by atoms with Gasteiger partial charge in [-0.15, -0.1) is 0 Å². The van der Waals surface area contributed by atoms with Crippen LogP contribution in [0.4, 0.5) is 0 Å². The Balaban J connectivity index is 1.52. The molecule has 0 fully saturated rings. The molecule has 0 saturated heterocycles. The molecule has 1 aliphatic carbocycles. The molecule has 0 unspecified atom stereocenters. The molecule has 4 nitrogen and oxygen atoms in total. The van der Waals surface area contributed by atoms with Gasteiger partial charge >= 0.3 is 0 Å². The lowest BCUT2D eigenvalue weighted by Crippen LogP contribution is -2.07. The van der Waals surface area contributed by atoms with Gasteiger partial charge in [-0.1, -0.05) is 78.9 Å². The zero-order chi connectivity index (χ0) is 21.9. The minimum atomic E-state index is 0.0471. The quantitative estimate of drug-likeness (QED) is 0.537. The molecule has 3 aromatic carbocycles. The van der Waals surface area contributed by atoms with Crippen LogP contribution in [-0.4, -0.2) is 11.4 Å². The highest BCUT2D eigenvalue weighted by Gasteiger charge is 2.16. The molecular formula is C28H18N4. The van der Waals surface area contributed by atoms with Gasteiger partial charge in [0.2, 0.25) is 0 Å². The van der Waals surface area contributed by atoms with E-state index in [1.807, 2.05) is 48.5 Å². The number of hydrogen-bond acceptors (Lipinski definition) is 4. The Kier molecular flexibility index (Phi) is 5.04. The van der Waals surface area contributed by atoms with Crippen molar-refractivity contribution in [2.45, 2.75) is 12.8 Å². The number of nitrogens with zero attached hydrogens (tertiary/aromatic N) is 4. The number of aliphatic imine (C=N–C) groups is 2. The summed E-state index contributed by atoms with van der Waals surface area (Å²) in [7, 11) is 0. The maximum absolute atomic E-state index is 9.53. The van der Waals surface area contributed by atoms with Crippen LogP contribution < -0.4 is 0 Å². The second-order valence-corrected chi connectivity index (χ2v) is 7.72. The van der Waals surface area contributed by atoms with Crippen LogP contribution in [0.3, 0.4) is 0 Å². The average Bonchev–Trinajstić information content (AvgIpc) is 3.03. The molecule has 32 heavy (non-hydrogen) atoms. The van der Waals surface area contributed by atoms with Gasteiger partial charge in [0.1, 0.15) is 12.1 Å². The predicted molar refractivity (Wildman–Crippen MR) is 128 cm³/mol.